The molecule has 0 aliphatic heterocycles. The maximum atomic E-state index is 13.7. The second-order valence-electron chi connectivity index (χ2n) is 4.84. The normalized spacial score (nSPS) is 12.3. The second-order valence-corrected chi connectivity index (χ2v) is 4.84. The van der Waals surface area contributed by atoms with Crippen LogP contribution in [0.15, 0.2) is 42.5 Å². The van der Waals surface area contributed by atoms with Gasteiger partial charge in [0.2, 0.25) is 0 Å². The molecule has 0 spiro atoms. The average Bonchev–Trinajstić information content (AvgIpc) is 2.41. The van der Waals surface area contributed by atoms with Gasteiger partial charge < -0.3 is 10.6 Å². The van der Waals surface area contributed by atoms with Crippen molar-refractivity contribution < 1.29 is 4.39 Å². The molecule has 1 atom stereocenters. The maximum Gasteiger partial charge on any atom is 0.126 e. The quantitative estimate of drug-likeness (QED) is 0.904. The number of aryl methyl sites for hydroxylation is 1. The van der Waals surface area contributed by atoms with E-state index >= 15 is 0 Å². The Morgan fingerprint density at radius 2 is 1.79 bits per heavy atom. The fourth-order valence-corrected chi connectivity index (χ4v) is 2.13. The molecule has 100 valence electrons. The minimum atomic E-state index is -0.212. The van der Waals surface area contributed by atoms with Gasteiger partial charge in [-0.25, -0.2) is 4.39 Å². The molecule has 0 aliphatic rings. The number of rotatable bonds is 3. The number of para-hydroxylation sites is 1. The molecule has 0 fully saturated rings. The standard InChI is InChI=1S/C16H19FN2/c1-11-9-16(14(12(2)18)10-15(11)17)19(3)13-7-5-4-6-8-13/h4-10,12H,18H2,1-3H3. The summed E-state index contributed by atoms with van der Waals surface area (Å²) in [5.41, 5.74) is 9.39. The number of hydrogen-bond acceptors (Lipinski definition) is 2. The van der Waals surface area contributed by atoms with Crippen LogP contribution in [0.4, 0.5) is 15.8 Å². The zero-order valence-corrected chi connectivity index (χ0v) is 11.5. The van der Waals surface area contributed by atoms with Crippen molar-refractivity contribution in [3.63, 3.8) is 0 Å². The highest BCUT2D eigenvalue weighted by Crippen LogP contribution is 2.32. The summed E-state index contributed by atoms with van der Waals surface area (Å²) in [6.45, 7) is 3.63. The third kappa shape index (κ3) is 2.76. The smallest absolute Gasteiger partial charge is 0.126 e. The number of hydrogen-bond donors (Lipinski definition) is 1. The molecule has 0 bridgehead atoms. The largest absolute Gasteiger partial charge is 0.344 e. The van der Waals surface area contributed by atoms with Gasteiger partial charge in [-0.1, -0.05) is 18.2 Å². The Bertz CT molecular complexity index is 564. The van der Waals surface area contributed by atoms with Crippen molar-refractivity contribution in [1.82, 2.24) is 0 Å². The van der Waals surface area contributed by atoms with Crippen molar-refractivity contribution in [2.75, 3.05) is 11.9 Å². The second kappa shape index (κ2) is 5.41. The van der Waals surface area contributed by atoms with E-state index in [9.17, 15) is 4.39 Å². The first-order valence-electron chi connectivity index (χ1n) is 6.35. The molecule has 2 N–H and O–H groups in total. The lowest BCUT2D eigenvalue weighted by molar-refractivity contribution is 0.613. The molecule has 0 aliphatic carbocycles. The summed E-state index contributed by atoms with van der Waals surface area (Å²) in [6, 6.07) is 13.1. The van der Waals surface area contributed by atoms with Crippen molar-refractivity contribution >= 4 is 11.4 Å². The van der Waals surface area contributed by atoms with Gasteiger partial charge in [-0.15, -0.1) is 0 Å². The predicted octanol–water partition coefficient (Wildman–Crippen LogP) is 3.92. The predicted molar refractivity (Wildman–Crippen MR) is 78.2 cm³/mol. The highest BCUT2D eigenvalue weighted by atomic mass is 19.1. The first-order chi connectivity index (χ1) is 9.00. The molecule has 0 radical (unpaired) electrons. The molecule has 0 saturated heterocycles. The summed E-state index contributed by atoms with van der Waals surface area (Å²) < 4.78 is 13.7. The van der Waals surface area contributed by atoms with Gasteiger partial charge in [0.05, 0.1) is 0 Å². The summed E-state index contributed by atoms with van der Waals surface area (Å²) in [7, 11) is 1.97. The van der Waals surface area contributed by atoms with E-state index in [-0.39, 0.29) is 11.9 Å². The van der Waals surface area contributed by atoms with Crippen molar-refractivity contribution in [2.24, 2.45) is 5.73 Å². The third-order valence-electron chi connectivity index (χ3n) is 3.30. The Labute approximate surface area is 113 Å². The summed E-state index contributed by atoms with van der Waals surface area (Å²) >= 11 is 0. The van der Waals surface area contributed by atoms with Gasteiger partial charge in [0.25, 0.3) is 0 Å². The van der Waals surface area contributed by atoms with E-state index in [1.165, 1.54) is 6.07 Å². The Balaban J connectivity index is 2.52. The lowest BCUT2D eigenvalue weighted by Gasteiger charge is -2.25. The Kier molecular flexibility index (Phi) is 3.86. The van der Waals surface area contributed by atoms with Gasteiger partial charge in [0.15, 0.2) is 0 Å². The molecule has 0 aromatic heterocycles. The van der Waals surface area contributed by atoms with Crippen LogP contribution in [0.25, 0.3) is 0 Å². The summed E-state index contributed by atoms with van der Waals surface area (Å²) in [4.78, 5) is 2.03. The van der Waals surface area contributed by atoms with Gasteiger partial charge in [-0.2, -0.15) is 0 Å². The summed E-state index contributed by atoms with van der Waals surface area (Å²) in [6.07, 6.45) is 0. The fraction of sp³-hybridized carbons (Fsp3) is 0.250. The van der Waals surface area contributed by atoms with Crippen molar-refractivity contribution in [2.45, 2.75) is 19.9 Å². The van der Waals surface area contributed by atoms with Crippen LogP contribution in [0.1, 0.15) is 24.1 Å². The molecule has 3 heteroatoms. The van der Waals surface area contributed by atoms with Crippen molar-refractivity contribution in [3.8, 4) is 0 Å². The minimum absolute atomic E-state index is 0.211. The molecule has 2 rings (SSSR count). The van der Waals surface area contributed by atoms with Crippen LogP contribution in [0.3, 0.4) is 0 Å². The molecule has 1 unspecified atom stereocenters. The Morgan fingerprint density at radius 3 is 2.37 bits per heavy atom. The number of anilines is 2. The van der Waals surface area contributed by atoms with E-state index in [0.717, 1.165) is 16.9 Å². The van der Waals surface area contributed by atoms with Gasteiger partial charge in [-0.05, 0) is 49.2 Å². The van der Waals surface area contributed by atoms with Gasteiger partial charge in [-0.3, -0.25) is 0 Å². The van der Waals surface area contributed by atoms with E-state index in [2.05, 4.69) is 0 Å². The summed E-state index contributed by atoms with van der Waals surface area (Å²) in [5.74, 6) is -0.211. The summed E-state index contributed by atoms with van der Waals surface area (Å²) in [5, 5.41) is 0. The molecule has 2 aromatic carbocycles. The Morgan fingerprint density at radius 1 is 1.16 bits per heavy atom. The van der Waals surface area contributed by atoms with E-state index in [4.69, 9.17) is 5.73 Å². The maximum absolute atomic E-state index is 13.7. The van der Waals surface area contributed by atoms with Crippen LogP contribution in [0, 0.1) is 12.7 Å². The van der Waals surface area contributed by atoms with Crippen molar-refractivity contribution in [3.05, 3.63) is 59.4 Å². The number of nitrogens with two attached hydrogens (primary N) is 1. The van der Waals surface area contributed by atoms with Crippen LogP contribution < -0.4 is 10.6 Å². The topological polar surface area (TPSA) is 29.3 Å². The average molecular weight is 258 g/mol. The molecule has 0 heterocycles. The van der Waals surface area contributed by atoms with E-state index in [0.29, 0.717) is 5.56 Å². The molecular formula is C16H19FN2. The van der Waals surface area contributed by atoms with Crippen LogP contribution in [-0.2, 0) is 0 Å². The minimum Gasteiger partial charge on any atom is -0.344 e. The van der Waals surface area contributed by atoms with E-state index in [1.807, 2.05) is 55.3 Å². The zero-order valence-electron chi connectivity index (χ0n) is 11.5. The van der Waals surface area contributed by atoms with Crippen LogP contribution in [0.2, 0.25) is 0 Å². The van der Waals surface area contributed by atoms with Crippen LogP contribution in [0.5, 0.6) is 0 Å². The molecule has 0 saturated carbocycles. The first kappa shape index (κ1) is 13.6. The van der Waals surface area contributed by atoms with Crippen LogP contribution >= 0.6 is 0 Å². The lowest BCUT2D eigenvalue weighted by atomic mass is 10.0. The SMILES string of the molecule is Cc1cc(N(C)c2ccccc2)c(C(C)N)cc1F. The molecule has 19 heavy (non-hydrogen) atoms. The highest BCUT2D eigenvalue weighted by Gasteiger charge is 2.15. The van der Waals surface area contributed by atoms with Gasteiger partial charge in [0, 0.05) is 24.5 Å². The van der Waals surface area contributed by atoms with E-state index in [1.54, 1.807) is 6.92 Å². The number of halogens is 1. The molecule has 2 aromatic rings. The number of nitrogens with zero attached hydrogens (tertiary/aromatic N) is 1. The van der Waals surface area contributed by atoms with Gasteiger partial charge >= 0.3 is 0 Å². The van der Waals surface area contributed by atoms with E-state index < -0.39 is 0 Å². The zero-order chi connectivity index (χ0) is 14.0. The highest BCUT2D eigenvalue weighted by molar-refractivity contribution is 5.67. The van der Waals surface area contributed by atoms with Crippen LogP contribution in [-0.4, -0.2) is 7.05 Å². The number of benzene rings is 2. The fourth-order valence-electron chi connectivity index (χ4n) is 2.13. The molecular weight excluding hydrogens is 239 g/mol. The first-order valence-corrected chi connectivity index (χ1v) is 6.35. The van der Waals surface area contributed by atoms with Gasteiger partial charge in [0.1, 0.15) is 5.82 Å². The monoisotopic (exact) mass is 258 g/mol. The molecule has 0 amide bonds. The molecule has 2 nitrogen and oxygen atoms in total. The Hall–Kier alpha value is -1.87. The lowest BCUT2D eigenvalue weighted by Crippen LogP contribution is -2.16. The van der Waals surface area contributed by atoms with Crippen molar-refractivity contribution in [1.29, 1.82) is 0 Å². The third-order valence-corrected chi connectivity index (χ3v) is 3.30.